The van der Waals surface area contributed by atoms with E-state index in [4.69, 9.17) is 36.9 Å². The minimum Gasteiger partial charge on any atom is -0.493 e. The molecular formula is C20H22N4O8S. The average molecular weight is 478 g/mol. The summed E-state index contributed by atoms with van der Waals surface area (Å²) in [6, 6.07) is 6.77. The lowest BCUT2D eigenvalue weighted by Gasteiger charge is -2.41. The van der Waals surface area contributed by atoms with Crippen LogP contribution in [-0.4, -0.2) is 57.6 Å². The molecule has 3 N–H and O–H groups in total. The molecule has 1 fully saturated rings. The van der Waals surface area contributed by atoms with Crippen LogP contribution in [0.15, 0.2) is 34.5 Å². The number of hydrogen-bond donors (Lipinski definition) is 2. The van der Waals surface area contributed by atoms with Gasteiger partial charge in [-0.2, -0.15) is 0 Å². The van der Waals surface area contributed by atoms with Crippen LogP contribution < -0.4 is 5.73 Å². The number of aromatic hydroxyl groups is 1. The Bertz CT molecular complexity index is 1130. The lowest BCUT2D eigenvalue weighted by Crippen LogP contribution is -2.55. The van der Waals surface area contributed by atoms with Gasteiger partial charge in [0, 0.05) is 26.2 Å². The Kier molecular flexibility index (Phi) is 7.23. The Hall–Kier alpha value is -3.58. The average Bonchev–Trinajstić information content (AvgIpc) is 2.99. The summed E-state index contributed by atoms with van der Waals surface area (Å²) in [6.45, 7) is 3.29. The second kappa shape index (κ2) is 9.92. The van der Waals surface area contributed by atoms with Gasteiger partial charge in [0.1, 0.15) is 0 Å². The molecule has 4 atom stereocenters. The van der Waals surface area contributed by atoms with Gasteiger partial charge < -0.3 is 29.8 Å². The summed E-state index contributed by atoms with van der Waals surface area (Å²) >= 11 is 4.72. The van der Waals surface area contributed by atoms with E-state index in [2.05, 4.69) is 10.2 Å². The van der Waals surface area contributed by atoms with Crippen molar-refractivity contribution < 1.29 is 38.4 Å². The van der Waals surface area contributed by atoms with Crippen molar-refractivity contribution in [3.63, 3.8) is 0 Å². The van der Waals surface area contributed by atoms with E-state index in [0.717, 1.165) is 13.8 Å². The zero-order valence-corrected chi connectivity index (χ0v) is 18.8. The number of nitrogens with zero attached hydrogens (tertiary/aromatic N) is 3. The fourth-order valence-electron chi connectivity index (χ4n) is 3.63. The quantitative estimate of drug-likeness (QED) is 0.281. The van der Waals surface area contributed by atoms with Crippen LogP contribution in [0.25, 0.3) is 10.9 Å². The number of fused-ring (bicyclic) bond motifs is 1. The number of nitrogens with two attached hydrogens (primary N) is 1. The molecule has 2 aromatic rings. The molecule has 0 bridgehead atoms. The molecule has 0 saturated carbocycles. The molecule has 1 aliphatic rings. The molecule has 1 aromatic heterocycles. The van der Waals surface area contributed by atoms with Crippen LogP contribution in [-0.2, 0) is 33.3 Å². The number of para-hydroxylation sites is 1. The summed E-state index contributed by atoms with van der Waals surface area (Å²) in [7, 11) is 0. The molecule has 33 heavy (non-hydrogen) atoms. The van der Waals surface area contributed by atoms with Gasteiger partial charge >= 0.3 is 17.9 Å². The van der Waals surface area contributed by atoms with E-state index in [-0.39, 0.29) is 23.3 Å². The van der Waals surface area contributed by atoms with Gasteiger partial charge in [-0.3, -0.25) is 19.0 Å². The van der Waals surface area contributed by atoms with E-state index >= 15 is 0 Å². The maximum absolute atomic E-state index is 11.9. The highest BCUT2D eigenvalue weighted by Crippen LogP contribution is 2.44. The molecule has 1 aromatic carbocycles. The first-order valence-electron chi connectivity index (χ1n) is 9.76. The molecule has 1 aliphatic heterocycles. The topological polar surface area (TPSA) is 164 Å². The maximum atomic E-state index is 11.9. The molecule has 1 saturated heterocycles. The first kappa shape index (κ1) is 24.1. The van der Waals surface area contributed by atoms with E-state index in [9.17, 15) is 19.5 Å². The second-order valence-electron chi connectivity index (χ2n) is 7.12. The van der Waals surface area contributed by atoms with Crippen LogP contribution in [0.3, 0.4) is 0 Å². The third kappa shape index (κ3) is 5.26. The van der Waals surface area contributed by atoms with E-state index in [1.165, 1.54) is 11.5 Å². The third-order valence-corrected chi connectivity index (χ3v) is 4.77. The molecule has 3 rings (SSSR count). The van der Waals surface area contributed by atoms with Gasteiger partial charge in [-0.05, 0) is 18.3 Å². The van der Waals surface area contributed by atoms with Gasteiger partial charge in [0.05, 0.1) is 12.1 Å². The summed E-state index contributed by atoms with van der Waals surface area (Å²) in [5.74, 6) is -2.43. The molecule has 0 aliphatic carbocycles. The number of hydrogen-bond acceptors (Lipinski definition) is 10. The highest BCUT2D eigenvalue weighted by Gasteiger charge is 2.48. The summed E-state index contributed by atoms with van der Waals surface area (Å²) in [6.07, 6.45) is -4.73. The van der Waals surface area contributed by atoms with Crippen molar-refractivity contribution in [3.05, 3.63) is 24.3 Å². The number of azo groups is 1. The zero-order chi connectivity index (χ0) is 24.3. The SMILES string of the molecule is CC(=O)O[C@@H]1[C@H](OC(C)=O)[C@@H](OC(C)=O)CO[C@@H]1n1c(O)c(N=NC(N)=S)c2ccccc21. The Balaban J connectivity index is 2.16. The molecule has 176 valence electrons. The van der Waals surface area contributed by atoms with Crippen molar-refractivity contribution in [1.82, 2.24) is 4.57 Å². The number of carbonyl (C=O) groups excluding carboxylic acids is 3. The lowest BCUT2D eigenvalue weighted by atomic mass is 10.0. The minimum atomic E-state index is -1.29. The highest BCUT2D eigenvalue weighted by molar-refractivity contribution is 7.80. The molecule has 12 nitrogen and oxygen atoms in total. The van der Waals surface area contributed by atoms with Crippen LogP contribution in [0, 0.1) is 0 Å². The summed E-state index contributed by atoms with van der Waals surface area (Å²) in [5.41, 5.74) is 5.89. The summed E-state index contributed by atoms with van der Waals surface area (Å²) in [5, 5.41) is 18.8. The highest BCUT2D eigenvalue weighted by atomic mass is 32.1. The Morgan fingerprint density at radius 3 is 2.30 bits per heavy atom. The molecular weight excluding hydrogens is 456 g/mol. The number of carbonyl (C=O) groups is 3. The predicted octanol–water partition coefficient (Wildman–Crippen LogP) is 2.00. The van der Waals surface area contributed by atoms with Crippen molar-refractivity contribution in [2.24, 2.45) is 16.0 Å². The lowest BCUT2D eigenvalue weighted by molar-refractivity contribution is -0.239. The van der Waals surface area contributed by atoms with Crippen LogP contribution in [0.4, 0.5) is 5.69 Å². The normalized spacial score (nSPS) is 22.8. The fourth-order valence-corrected chi connectivity index (χ4v) is 3.67. The van der Waals surface area contributed by atoms with Crippen LogP contribution in [0.5, 0.6) is 5.88 Å². The number of aromatic nitrogens is 1. The first-order valence-corrected chi connectivity index (χ1v) is 10.2. The smallest absolute Gasteiger partial charge is 0.303 e. The van der Waals surface area contributed by atoms with Crippen molar-refractivity contribution in [2.75, 3.05) is 6.61 Å². The van der Waals surface area contributed by atoms with Crippen molar-refractivity contribution in [2.45, 2.75) is 45.3 Å². The Morgan fingerprint density at radius 2 is 1.70 bits per heavy atom. The molecule has 13 heteroatoms. The minimum absolute atomic E-state index is 0.0507. The monoisotopic (exact) mass is 478 g/mol. The summed E-state index contributed by atoms with van der Waals surface area (Å²) in [4.78, 5) is 35.3. The van der Waals surface area contributed by atoms with E-state index in [1.807, 2.05) is 0 Å². The number of ether oxygens (including phenoxy) is 4. The summed E-state index contributed by atoms with van der Waals surface area (Å²) < 4.78 is 23.2. The standard InChI is InChI=1S/C20H22N4O8S/c1-9(25)30-14-8-29-19(17(32-11(3)27)16(14)31-10(2)26)24-13-7-5-4-6-12(13)15(18(24)28)22-23-20(21)33/h4-7,14,16-17,19,28H,8H2,1-3H3,(H2,21,33)/t14-,16+,17+,19-/m0/s1. The van der Waals surface area contributed by atoms with Crippen molar-refractivity contribution in [3.8, 4) is 5.88 Å². The Labute approximate surface area is 193 Å². The van der Waals surface area contributed by atoms with Crippen LogP contribution >= 0.6 is 12.2 Å². The third-order valence-electron chi connectivity index (χ3n) is 4.69. The number of benzene rings is 1. The number of thiocarbonyl (C=S) groups is 1. The van der Waals surface area contributed by atoms with Crippen molar-refractivity contribution in [1.29, 1.82) is 0 Å². The van der Waals surface area contributed by atoms with Crippen molar-refractivity contribution >= 4 is 51.8 Å². The van der Waals surface area contributed by atoms with E-state index in [0.29, 0.717) is 10.9 Å². The first-order chi connectivity index (χ1) is 15.6. The zero-order valence-electron chi connectivity index (χ0n) is 18.0. The van der Waals surface area contributed by atoms with Gasteiger partial charge in [0.2, 0.25) is 11.0 Å². The second-order valence-corrected chi connectivity index (χ2v) is 7.54. The molecule has 0 amide bonds. The van der Waals surface area contributed by atoms with Gasteiger partial charge in [0.25, 0.3) is 0 Å². The Morgan fingerprint density at radius 1 is 1.09 bits per heavy atom. The number of rotatable bonds is 5. The fraction of sp³-hybridized carbons (Fsp3) is 0.400. The molecule has 0 unspecified atom stereocenters. The molecule has 0 radical (unpaired) electrons. The molecule has 2 heterocycles. The molecule has 0 spiro atoms. The van der Waals surface area contributed by atoms with E-state index in [1.54, 1.807) is 24.3 Å². The largest absolute Gasteiger partial charge is 0.493 e. The van der Waals surface area contributed by atoms with Crippen LogP contribution in [0.1, 0.15) is 27.0 Å². The predicted molar refractivity (Wildman–Crippen MR) is 117 cm³/mol. The van der Waals surface area contributed by atoms with Gasteiger partial charge in [0.15, 0.2) is 30.2 Å². The van der Waals surface area contributed by atoms with E-state index < -0.39 is 42.4 Å². The maximum Gasteiger partial charge on any atom is 0.303 e. The van der Waals surface area contributed by atoms with Gasteiger partial charge in [-0.15, -0.1) is 10.2 Å². The van der Waals surface area contributed by atoms with Crippen LogP contribution in [0.2, 0.25) is 0 Å². The van der Waals surface area contributed by atoms with Gasteiger partial charge in [-0.1, -0.05) is 18.2 Å². The number of esters is 3. The van der Waals surface area contributed by atoms with Gasteiger partial charge in [-0.25, -0.2) is 0 Å².